The van der Waals surface area contributed by atoms with Gasteiger partial charge in [0.2, 0.25) is 0 Å². The van der Waals surface area contributed by atoms with E-state index in [0.717, 1.165) is 74.1 Å². The Balaban J connectivity index is 0.970. The standard InChI is InChI=1S/C46H48ClFN8O6S/c1-45(2)15-12-32(37(25-45)30-4-6-33(47)7-5-30)27-54-17-19-55(20-18-54)34-8-10-36(40(23-34)56-41-22-31-13-16-49-43(31)51-39(41)26-50-56)44(57)53-63(59,60)35-9-11-42(38(24-35)52-58)62-29-46(48)14-3-21-61-28-46/h4-11,13,16,22-24,26H,3,12,14-15,17-21,25,27-29H2,1-2H3,(H,49,51)(H,53,57). The van der Waals surface area contributed by atoms with Crippen LogP contribution in [0.15, 0.2) is 101 Å². The summed E-state index contributed by atoms with van der Waals surface area (Å²) in [5.41, 5.74) is 5.32. The third-order valence-corrected chi connectivity index (χ3v) is 14.0. The number of sulfonamides is 1. The second-order valence-electron chi connectivity index (χ2n) is 17.5. The van der Waals surface area contributed by atoms with Crippen LogP contribution in [0.3, 0.4) is 0 Å². The third kappa shape index (κ3) is 9.08. The molecule has 1 atom stereocenters. The molecule has 1 aliphatic carbocycles. The van der Waals surface area contributed by atoms with E-state index >= 15 is 4.39 Å². The zero-order valence-corrected chi connectivity index (χ0v) is 36.6. The second kappa shape index (κ2) is 17.1. The maximum Gasteiger partial charge on any atom is 0.267 e. The fraction of sp³-hybridized carbons (Fsp3) is 0.370. The first-order valence-corrected chi connectivity index (χ1v) is 23.0. The molecule has 9 rings (SSSR count). The minimum absolute atomic E-state index is 0.0404. The van der Waals surface area contributed by atoms with Crippen molar-refractivity contribution in [2.45, 2.75) is 56.5 Å². The smallest absolute Gasteiger partial charge is 0.267 e. The fourth-order valence-electron chi connectivity index (χ4n) is 8.83. The number of piperazine rings is 1. The van der Waals surface area contributed by atoms with Gasteiger partial charge >= 0.3 is 0 Å². The predicted molar refractivity (Wildman–Crippen MR) is 241 cm³/mol. The number of benzene rings is 3. The van der Waals surface area contributed by atoms with Crippen LogP contribution in [-0.2, 0) is 14.8 Å². The van der Waals surface area contributed by atoms with Crippen molar-refractivity contribution in [1.82, 2.24) is 29.4 Å². The van der Waals surface area contributed by atoms with E-state index in [9.17, 15) is 18.1 Å². The van der Waals surface area contributed by atoms with Crippen LogP contribution in [0.2, 0.25) is 5.02 Å². The number of carbonyl (C=O) groups excluding carboxylic acids is 1. The fourth-order valence-corrected chi connectivity index (χ4v) is 9.94. The third-order valence-electron chi connectivity index (χ3n) is 12.4. The summed E-state index contributed by atoms with van der Waals surface area (Å²) in [6, 6.07) is 20.6. The lowest BCUT2D eigenvalue weighted by molar-refractivity contribution is -0.0537. The SMILES string of the molecule is CC1(C)CCC(CN2CCN(c3ccc(C(=O)NS(=O)(=O)c4ccc(OCC5(F)CCCOC5)c(N=O)c4)c(-n4ncc5nc6[nH]ccc6cc54)c3)CC2)=C(c2ccc(Cl)cc2)C1. The van der Waals surface area contributed by atoms with Crippen LogP contribution in [0.25, 0.3) is 33.3 Å². The number of pyridine rings is 1. The maximum atomic E-state index is 15.1. The topological polar surface area (TPSA) is 164 Å². The number of hydrogen-bond acceptors (Lipinski definition) is 11. The van der Waals surface area contributed by atoms with Gasteiger partial charge in [-0.25, -0.2) is 27.2 Å². The lowest BCUT2D eigenvalue weighted by atomic mass is 9.72. The molecule has 3 aliphatic rings. The maximum absolute atomic E-state index is 15.1. The molecule has 17 heteroatoms. The summed E-state index contributed by atoms with van der Waals surface area (Å²) in [7, 11) is -4.55. The Morgan fingerprint density at radius 2 is 1.84 bits per heavy atom. The molecule has 2 saturated heterocycles. The van der Waals surface area contributed by atoms with Crippen molar-refractivity contribution in [3.05, 3.63) is 112 Å². The molecule has 2 aliphatic heterocycles. The predicted octanol–water partition coefficient (Wildman–Crippen LogP) is 8.76. The average molecular weight is 895 g/mol. The largest absolute Gasteiger partial charge is 0.488 e. The van der Waals surface area contributed by atoms with E-state index in [1.807, 2.05) is 36.4 Å². The van der Waals surface area contributed by atoms with Crippen molar-refractivity contribution in [3.8, 4) is 11.4 Å². The molecule has 5 heterocycles. The zero-order valence-electron chi connectivity index (χ0n) is 35.1. The van der Waals surface area contributed by atoms with E-state index in [-0.39, 0.29) is 35.4 Å². The van der Waals surface area contributed by atoms with E-state index in [4.69, 9.17) is 26.1 Å². The molecule has 0 spiro atoms. The van der Waals surface area contributed by atoms with Crippen LogP contribution >= 0.6 is 11.6 Å². The first kappa shape index (κ1) is 42.6. The molecule has 6 aromatic rings. The summed E-state index contributed by atoms with van der Waals surface area (Å²) >= 11 is 6.25. The first-order chi connectivity index (χ1) is 30.3. The van der Waals surface area contributed by atoms with Gasteiger partial charge in [-0.2, -0.15) is 5.10 Å². The number of anilines is 1. The summed E-state index contributed by atoms with van der Waals surface area (Å²) in [6.45, 7) is 8.55. The van der Waals surface area contributed by atoms with Gasteiger partial charge in [0, 0.05) is 61.6 Å². The first-order valence-electron chi connectivity index (χ1n) is 21.1. The number of nitrogens with one attached hydrogen (secondary N) is 2. The minimum atomic E-state index is -4.55. The quantitative estimate of drug-likeness (QED) is 0.114. The van der Waals surface area contributed by atoms with Crippen LogP contribution in [0, 0.1) is 10.3 Å². The molecule has 3 aromatic carbocycles. The van der Waals surface area contributed by atoms with Gasteiger partial charge in [-0.3, -0.25) is 9.69 Å². The van der Waals surface area contributed by atoms with Crippen molar-refractivity contribution in [2.75, 3.05) is 57.4 Å². The molecule has 2 N–H and O–H groups in total. The van der Waals surface area contributed by atoms with Gasteiger partial charge in [0.25, 0.3) is 15.9 Å². The van der Waals surface area contributed by atoms with Crippen molar-refractivity contribution in [1.29, 1.82) is 0 Å². The number of ether oxygens (including phenoxy) is 2. The number of aromatic nitrogens is 4. The number of alkyl halides is 1. The van der Waals surface area contributed by atoms with Crippen molar-refractivity contribution in [3.63, 3.8) is 0 Å². The zero-order chi connectivity index (χ0) is 43.9. The van der Waals surface area contributed by atoms with Crippen LogP contribution in [-0.4, -0.2) is 97.2 Å². The van der Waals surface area contributed by atoms with E-state index < -0.39 is 33.1 Å². The lowest BCUT2D eigenvalue weighted by Crippen LogP contribution is -2.47. The molecule has 328 valence electrons. The summed E-state index contributed by atoms with van der Waals surface area (Å²) in [5, 5.41) is 9.14. The van der Waals surface area contributed by atoms with Gasteiger partial charge in [0.05, 0.1) is 34.5 Å². The number of allylic oxidation sites excluding steroid dienone is 1. The summed E-state index contributed by atoms with van der Waals surface area (Å²) < 4.78 is 57.2. The normalized spacial score (nSPS) is 19.7. The van der Waals surface area contributed by atoms with E-state index in [1.165, 1.54) is 28.8 Å². The Morgan fingerprint density at radius 3 is 2.60 bits per heavy atom. The minimum Gasteiger partial charge on any atom is -0.488 e. The Kier molecular flexibility index (Phi) is 11.6. The number of halogens is 2. The van der Waals surface area contributed by atoms with Crippen LogP contribution in [0.4, 0.5) is 15.8 Å². The highest BCUT2D eigenvalue weighted by molar-refractivity contribution is 7.90. The Labute approximate surface area is 369 Å². The number of nitrogens with zero attached hydrogens (tertiary/aromatic N) is 6. The van der Waals surface area contributed by atoms with E-state index in [2.05, 4.69) is 55.8 Å². The molecule has 0 radical (unpaired) electrons. The molecule has 1 amide bonds. The summed E-state index contributed by atoms with van der Waals surface area (Å²) in [6.07, 6.45) is 7.32. The van der Waals surface area contributed by atoms with Crippen molar-refractivity contribution in [2.24, 2.45) is 10.6 Å². The summed E-state index contributed by atoms with van der Waals surface area (Å²) in [5.74, 6) is -1.01. The van der Waals surface area contributed by atoms with E-state index in [0.29, 0.717) is 35.4 Å². The van der Waals surface area contributed by atoms with Gasteiger partial charge in [-0.1, -0.05) is 43.2 Å². The van der Waals surface area contributed by atoms with Crippen molar-refractivity contribution >= 4 is 66.5 Å². The van der Waals surface area contributed by atoms with Gasteiger partial charge in [0.15, 0.2) is 11.4 Å². The molecule has 3 aromatic heterocycles. The highest BCUT2D eigenvalue weighted by Crippen LogP contribution is 2.43. The highest BCUT2D eigenvalue weighted by atomic mass is 35.5. The number of nitroso groups, excluding NO2 is 1. The molecular weight excluding hydrogens is 847 g/mol. The lowest BCUT2D eigenvalue weighted by Gasteiger charge is -2.39. The van der Waals surface area contributed by atoms with Gasteiger partial charge in [-0.15, -0.1) is 4.91 Å². The van der Waals surface area contributed by atoms with E-state index in [1.54, 1.807) is 23.1 Å². The molecule has 2 fully saturated rings. The number of rotatable bonds is 12. The Bertz CT molecular complexity index is 2850. The molecule has 63 heavy (non-hydrogen) atoms. The van der Waals surface area contributed by atoms with Crippen LogP contribution < -0.4 is 14.4 Å². The number of amides is 1. The van der Waals surface area contributed by atoms with Gasteiger partial charge < -0.3 is 19.4 Å². The molecule has 0 saturated carbocycles. The Hall–Kier alpha value is -5.68. The number of aromatic amines is 1. The number of hydrogen-bond donors (Lipinski definition) is 2. The molecule has 1 unspecified atom stereocenters. The highest BCUT2D eigenvalue weighted by Gasteiger charge is 2.35. The number of H-pyrrole nitrogens is 1. The summed E-state index contributed by atoms with van der Waals surface area (Å²) in [4.78, 5) is 38.1. The van der Waals surface area contributed by atoms with Crippen LogP contribution in [0.1, 0.15) is 61.9 Å². The van der Waals surface area contributed by atoms with Gasteiger partial charge in [0.1, 0.15) is 23.5 Å². The molecule has 14 nitrogen and oxygen atoms in total. The van der Waals surface area contributed by atoms with Crippen molar-refractivity contribution < 1.29 is 27.1 Å². The van der Waals surface area contributed by atoms with Crippen LogP contribution in [0.5, 0.6) is 5.75 Å². The average Bonchev–Trinajstić information content (AvgIpc) is 3.92. The molecule has 0 bridgehead atoms. The monoisotopic (exact) mass is 894 g/mol. The number of carbonyl (C=O) groups is 1. The molecular formula is C46H48ClFN8O6S. The van der Waals surface area contributed by atoms with Gasteiger partial charge in [-0.05, 0) is 114 Å². The Morgan fingerprint density at radius 1 is 1.03 bits per heavy atom. The number of fused-ring (bicyclic) bond motifs is 2. The second-order valence-corrected chi connectivity index (χ2v) is 19.6.